The Kier molecular flexibility index (Phi) is 8.06. The third-order valence-corrected chi connectivity index (χ3v) is 5.53. The van der Waals surface area contributed by atoms with E-state index in [0.717, 1.165) is 0 Å². The Labute approximate surface area is 206 Å². The number of carbonyl (C=O) groups is 3. The molecule has 3 aromatic rings. The molecule has 4 rings (SSSR count). The molecule has 0 spiro atoms. The van der Waals surface area contributed by atoms with Crippen LogP contribution in [0.2, 0.25) is 0 Å². The van der Waals surface area contributed by atoms with Crippen molar-refractivity contribution < 1.29 is 43.5 Å². The van der Waals surface area contributed by atoms with E-state index in [1.165, 1.54) is 24.3 Å². The van der Waals surface area contributed by atoms with Crippen molar-refractivity contribution in [2.45, 2.75) is 30.7 Å². The average molecular weight is 492 g/mol. The summed E-state index contributed by atoms with van der Waals surface area (Å²) in [6.45, 7) is -0.454. The molecular formula is C27H24O9. The van der Waals surface area contributed by atoms with Crippen molar-refractivity contribution in [2.24, 2.45) is 0 Å². The lowest BCUT2D eigenvalue weighted by atomic mass is 9.98. The lowest BCUT2D eigenvalue weighted by molar-refractivity contribution is -0.284. The van der Waals surface area contributed by atoms with Gasteiger partial charge in [0.25, 0.3) is 0 Å². The third-order valence-electron chi connectivity index (χ3n) is 5.53. The molecule has 3 aromatic carbocycles. The fraction of sp³-hybridized carbons (Fsp3) is 0.222. The van der Waals surface area contributed by atoms with Crippen molar-refractivity contribution in [1.29, 1.82) is 0 Å². The van der Waals surface area contributed by atoms with Crippen LogP contribution in [0.1, 0.15) is 31.1 Å². The van der Waals surface area contributed by atoms with Gasteiger partial charge in [-0.3, -0.25) is 0 Å². The van der Waals surface area contributed by atoms with Crippen molar-refractivity contribution in [2.75, 3.05) is 6.61 Å². The van der Waals surface area contributed by atoms with Gasteiger partial charge in [-0.15, -0.1) is 0 Å². The maximum Gasteiger partial charge on any atom is 0.338 e. The molecule has 0 aliphatic carbocycles. The predicted molar refractivity (Wildman–Crippen MR) is 125 cm³/mol. The summed E-state index contributed by atoms with van der Waals surface area (Å²) in [6.07, 6.45) is -7.72. The predicted octanol–water partition coefficient (Wildman–Crippen LogP) is 2.37. The Hall–Kier alpha value is -4.05. The number of aliphatic hydroxyl groups excluding tert-OH is 2. The highest BCUT2D eigenvalue weighted by Crippen LogP contribution is 2.27. The lowest BCUT2D eigenvalue weighted by Gasteiger charge is -2.41. The van der Waals surface area contributed by atoms with Gasteiger partial charge < -0.3 is 29.2 Å². The minimum absolute atomic E-state index is 0.186. The maximum atomic E-state index is 12.7. The van der Waals surface area contributed by atoms with E-state index in [0.29, 0.717) is 0 Å². The zero-order chi connectivity index (χ0) is 25.5. The zero-order valence-corrected chi connectivity index (χ0v) is 19.0. The number of hydrogen-bond donors (Lipinski definition) is 2. The number of carbonyl (C=O) groups excluding carboxylic acids is 3. The van der Waals surface area contributed by atoms with Crippen LogP contribution in [0.25, 0.3) is 0 Å². The number of esters is 3. The molecule has 0 amide bonds. The van der Waals surface area contributed by atoms with E-state index in [-0.39, 0.29) is 16.7 Å². The first-order chi connectivity index (χ1) is 17.4. The second kappa shape index (κ2) is 11.6. The molecule has 1 heterocycles. The molecule has 1 saturated heterocycles. The first-order valence-electron chi connectivity index (χ1n) is 11.2. The summed E-state index contributed by atoms with van der Waals surface area (Å²) < 4.78 is 21.5. The molecule has 36 heavy (non-hydrogen) atoms. The summed E-state index contributed by atoms with van der Waals surface area (Å²) in [5, 5.41) is 21.6. The number of benzene rings is 3. The van der Waals surface area contributed by atoms with Crippen LogP contribution in [-0.2, 0) is 18.9 Å². The second-order valence-corrected chi connectivity index (χ2v) is 7.99. The highest BCUT2D eigenvalue weighted by Gasteiger charge is 2.50. The highest BCUT2D eigenvalue weighted by molar-refractivity contribution is 5.90. The SMILES string of the molecule is O=C(OC[C@H]1O[C@H](O)[C@@H](OC(=O)c2ccccc2)[C@@H](OC(=O)c2ccccc2)[C@H]1O)c1ccccc1. The molecular weight excluding hydrogens is 468 g/mol. The van der Waals surface area contributed by atoms with Gasteiger partial charge in [0.05, 0.1) is 16.7 Å². The van der Waals surface area contributed by atoms with Crippen LogP contribution in [0.4, 0.5) is 0 Å². The van der Waals surface area contributed by atoms with Crippen molar-refractivity contribution in [3.05, 3.63) is 108 Å². The van der Waals surface area contributed by atoms with E-state index in [2.05, 4.69) is 0 Å². The van der Waals surface area contributed by atoms with Crippen molar-refractivity contribution in [1.82, 2.24) is 0 Å². The van der Waals surface area contributed by atoms with Crippen LogP contribution >= 0.6 is 0 Å². The van der Waals surface area contributed by atoms with Gasteiger partial charge in [0.1, 0.15) is 18.8 Å². The third kappa shape index (κ3) is 5.95. The Morgan fingerprint density at radius 1 is 0.639 bits per heavy atom. The van der Waals surface area contributed by atoms with Crippen LogP contribution < -0.4 is 0 Å². The molecule has 0 radical (unpaired) electrons. The Bertz CT molecular complexity index is 1170. The van der Waals surface area contributed by atoms with Crippen molar-refractivity contribution in [3.63, 3.8) is 0 Å². The van der Waals surface area contributed by atoms with E-state index >= 15 is 0 Å². The fourth-order valence-corrected chi connectivity index (χ4v) is 3.65. The van der Waals surface area contributed by atoms with Crippen LogP contribution in [0.15, 0.2) is 91.0 Å². The quantitative estimate of drug-likeness (QED) is 0.377. The van der Waals surface area contributed by atoms with E-state index < -0.39 is 55.2 Å². The van der Waals surface area contributed by atoms with Gasteiger partial charge >= 0.3 is 17.9 Å². The molecule has 1 fully saturated rings. The topological polar surface area (TPSA) is 129 Å². The summed E-state index contributed by atoms with van der Waals surface area (Å²) in [7, 11) is 0. The van der Waals surface area contributed by atoms with Crippen LogP contribution in [0.5, 0.6) is 0 Å². The summed E-state index contributed by atoms with van der Waals surface area (Å²) >= 11 is 0. The first-order valence-corrected chi connectivity index (χ1v) is 11.2. The second-order valence-electron chi connectivity index (χ2n) is 7.99. The fourth-order valence-electron chi connectivity index (χ4n) is 3.65. The van der Waals surface area contributed by atoms with Gasteiger partial charge in [0, 0.05) is 0 Å². The van der Waals surface area contributed by atoms with Crippen molar-refractivity contribution in [3.8, 4) is 0 Å². The van der Waals surface area contributed by atoms with Crippen LogP contribution in [-0.4, -0.2) is 65.4 Å². The number of aliphatic hydroxyl groups is 2. The van der Waals surface area contributed by atoms with E-state index in [9.17, 15) is 24.6 Å². The van der Waals surface area contributed by atoms with Crippen molar-refractivity contribution >= 4 is 17.9 Å². The molecule has 5 atom stereocenters. The van der Waals surface area contributed by atoms with Gasteiger partial charge in [0.2, 0.25) is 0 Å². The number of ether oxygens (including phenoxy) is 4. The Morgan fingerprint density at radius 3 is 1.53 bits per heavy atom. The minimum Gasteiger partial charge on any atom is -0.459 e. The summed E-state index contributed by atoms with van der Waals surface area (Å²) in [5.41, 5.74) is 0.655. The first kappa shape index (κ1) is 25.1. The zero-order valence-electron chi connectivity index (χ0n) is 19.0. The molecule has 186 valence electrons. The van der Waals surface area contributed by atoms with Gasteiger partial charge in [-0.2, -0.15) is 0 Å². The molecule has 2 N–H and O–H groups in total. The molecule has 0 saturated carbocycles. The van der Waals surface area contributed by atoms with E-state index in [4.69, 9.17) is 18.9 Å². The van der Waals surface area contributed by atoms with Gasteiger partial charge in [-0.1, -0.05) is 54.6 Å². The molecule has 0 aromatic heterocycles. The minimum atomic E-state index is -1.78. The summed E-state index contributed by atoms with van der Waals surface area (Å²) in [6, 6.07) is 24.1. The van der Waals surface area contributed by atoms with E-state index in [1.807, 2.05) is 0 Å². The van der Waals surface area contributed by atoms with E-state index in [1.54, 1.807) is 66.7 Å². The smallest absolute Gasteiger partial charge is 0.338 e. The average Bonchev–Trinajstić information content (AvgIpc) is 2.92. The standard InChI is InChI=1S/C27H24O9/c28-21-20(16-33-24(29)17-10-4-1-5-11-17)34-27(32)23(36-26(31)19-14-8-3-9-15-19)22(21)35-25(30)18-12-6-2-7-13-18/h1-15,20-23,27-28,32H,16H2/t20-,21+,22+,23+,27+/m1/s1. The number of rotatable bonds is 7. The van der Waals surface area contributed by atoms with Gasteiger partial charge in [-0.25, -0.2) is 14.4 Å². The molecule has 0 unspecified atom stereocenters. The molecule has 9 heteroatoms. The molecule has 9 nitrogen and oxygen atoms in total. The maximum absolute atomic E-state index is 12.7. The van der Waals surface area contributed by atoms with Crippen LogP contribution in [0.3, 0.4) is 0 Å². The largest absolute Gasteiger partial charge is 0.459 e. The summed E-state index contributed by atoms with van der Waals surface area (Å²) in [5.74, 6) is -2.30. The lowest BCUT2D eigenvalue weighted by Crippen LogP contribution is -2.61. The van der Waals surface area contributed by atoms with Gasteiger partial charge in [-0.05, 0) is 36.4 Å². The monoisotopic (exact) mass is 492 g/mol. The van der Waals surface area contributed by atoms with Gasteiger partial charge in [0.15, 0.2) is 18.5 Å². The Morgan fingerprint density at radius 2 is 1.06 bits per heavy atom. The Balaban J connectivity index is 1.52. The molecule has 1 aliphatic rings. The summed E-state index contributed by atoms with van der Waals surface area (Å²) in [4.78, 5) is 37.7. The molecule has 0 bridgehead atoms. The van der Waals surface area contributed by atoms with Crippen LogP contribution in [0, 0.1) is 0 Å². The molecule has 1 aliphatic heterocycles. The highest BCUT2D eigenvalue weighted by atomic mass is 16.7. The number of hydrogen-bond acceptors (Lipinski definition) is 9. The normalized spacial score (nSPS) is 23.3.